The summed E-state index contributed by atoms with van der Waals surface area (Å²) < 4.78 is 0. The summed E-state index contributed by atoms with van der Waals surface area (Å²) in [5, 5.41) is 35.5. The third-order valence-electron chi connectivity index (χ3n) is 4.84. The molecule has 0 aromatic heterocycles. The smallest absolute Gasteiger partial charge is 0.328 e. The van der Waals surface area contributed by atoms with Crippen molar-refractivity contribution < 1.29 is 34.5 Å². The SMILES string of the molecule is CC(O)C(NC(=O)C(CCCCN)NC(=O)C(Cc1ccc(O)cc1)NC(=O)CN)C(=O)O. The number of phenols is 1. The van der Waals surface area contributed by atoms with Crippen LogP contribution in [0, 0.1) is 0 Å². The van der Waals surface area contributed by atoms with Gasteiger partial charge in [0.1, 0.15) is 17.8 Å². The van der Waals surface area contributed by atoms with Crippen LogP contribution in [0.5, 0.6) is 5.75 Å². The standard InChI is InChI=1S/C21H33N5O7/c1-12(27)18(21(32)33)26-19(30)15(4-2-3-9-22)25-20(31)16(24-17(29)11-23)10-13-5-7-14(28)8-6-13/h5-8,12,15-16,18,27-28H,2-4,9-11,22-23H2,1H3,(H,24,29)(H,25,31)(H,26,30)(H,32,33). The number of aliphatic hydroxyl groups is 1. The van der Waals surface area contributed by atoms with Gasteiger partial charge in [-0.1, -0.05) is 12.1 Å². The van der Waals surface area contributed by atoms with E-state index in [1.54, 1.807) is 12.1 Å². The minimum Gasteiger partial charge on any atom is -0.508 e. The van der Waals surface area contributed by atoms with Crippen LogP contribution in [0.1, 0.15) is 31.7 Å². The van der Waals surface area contributed by atoms with Crippen LogP contribution in [-0.4, -0.2) is 76.3 Å². The molecule has 12 nitrogen and oxygen atoms in total. The first-order valence-corrected chi connectivity index (χ1v) is 10.6. The molecule has 3 amide bonds. The zero-order chi connectivity index (χ0) is 25.0. The number of aliphatic carboxylic acids is 1. The van der Waals surface area contributed by atoms with Crippen LogP contribution >= 0.6 is 0 Å². The van der Waals surface area contributed by atoms with Gasteiger partial charge in [0.15, 0.2) is 6.04 Å². The van der Waals surface area contributed by atoms with Crippen molar-refractivity contribution in [2.24, 2.45) is 11.5 Å². The molecule has 1 rings (SSSR count). The Morgan fingerprint density at radius 3 is 2.06 bits per heavy atom. The molecule has 1 aromatic rings. The number of unbranched alkanes of at least 4 members (excludes halogenated alkanes) is 1. The van der Waals surface area contributed by atoms with E-state index in [4.69, 9.17) is 11.5 Å². The summed E-state index contributed by atoms with van der Waals surface area (Å²) in [7, 11) is 0. The van der Waals surface area contributed by atoms with Crippen molar-refractivity contribution in [3.63, 3.8) is 0 Å². The predicted molar refractivity (Wildman–Crippen MR) is 119 cm³/mol. The second kappa shape index (κ2) is 14.0. The van der Waals surface area contributed by atoms with Crippen LogP contribution in [0.3, 0.4) is 0 Å². The molecule has 0 aliphatic rings. The van der Waals surface area contributed by atoms with Gasteiger partial charge in [-0.25, -0.2) is 4.79 Å². The Hall–Kier alpha value is -3.22. The lowest BCUT2D eigenvalue weighted by atomic mass is 10.0. The highest BCUT2D eigenvalue weighted by molar-refractivity contribution is 5.93. The molecule has 184 valence electrons. The van der Waals surface area contributed by atoms with E-state index in [1.165, 1.54) is 19.1 Å². The number of nitrogens with two attached hydrogens (primary N) is 2. The summed E-state index contributed by atoms with van der Waals surface area (Å²) in [6.45, 7) is 1.23. The number of aliphatic hydroxyl groups excluding tert-OH is 1. The third kappa shape index (κ3) is 9.85. The van der Waals surface area contributed by atoms with Gasteiger partial charge in [-0.2, -0.15) is 0 Å². The Morgan fingerprint density at radius 2 is 1.55 bits per heavy atom. The fourth-order valence-electron chi connectivity index (χ4n) is 3.01. The maximum Gasteiger partial charge on any atom is 0.328 e. The van der Waals surface area contributed by atoms with Gasteiger partial charge < -0.3 is 42.7 Å². The lowest BCUT2D eigenvalue weighted by molar-refractivity contribution is -0.145. The summed E-state index contributed by atoms with van der Waals surface area (Å²) in [6.07, 6.45) is -0.103. The summed E-state index contributed by atoms with van der Waals surface area (Å²) in [4.78, 5) is 48.9. The van der Waals surface area contributed by atoms with E-state index < -0.39 is 47.9 Å². The van der Waals surface area contributed by atoms with Gasteiger partial charge in [-0.05, 0) is 50.4 Å². The minimum absolute atomic E-state index is 0.0356. The Labute approximate surface area is 191 Å². The van der Waals surface area contributed by atoms with E-state index in [9.17, 15) is 34.5 Å². The molecule has 33 heavy (non-hydrogen) atoms. The number of carboxylic acids is 1. The van der Waals surface area contributed by atoms with Crippen LogP contribution in [0.25, 0.3) is 0 Å². The molecule has 0 aliphatic carbocycles. The largest absolute Gasteiger partial charge is 0.508 e. The molecule has 0 aliphatic heterocycles. The van der Waals surface area contributed by atoms with Crippen molar-refractivity contribution in [2.75, 3.05) is 13.1 Å². The molecule has 1 aromatic carbocycles. The van der Waals surface area contributed by atoms with Gasteiger partial charge >= 0.3 is 5.97 Å². The number of benzene rings is 1. The van der Waals surface area contributed by atoms with Gasteiger partial charge in [-0.3, -0.25) is 14.4 Å². The number of nitrogens with one attached hydrogen (secondary N) is 3. The van der Waals surface area contributed by atoms with E-state index in [2.05, 4.69) is 16.0 Å². The van der Waals surface area contributed by atoms with Crippen LogP contribution < -0.4 is 27.4 Å². The summed E-state index contributed by atoms with van der Waals surface area (Å²) >= 11 is 0. The highest BCUT2D eigenvalue weighted by Crippen LogP contribution is 2.12. The molecule has 0 saturated carbocycles. The van der Waals surface area contributed by atoms with Crippen molar-refractivity contribution in [3.8, 4) is 5.75 Å². The topological polar surface area (TPSA) is 217 Å². The zero-order valence-electron chi connectivity index (χ0n) is 18.5. The van der Waals surface area contributed by atoms with Crippen molar-refractivity contribution in [3.05, 3.63) is 29.8 Å². The number of carbonyl (C=O) groups excluding carboxylic acids is 3. The molecule has 0 saturated heterocycles. The molecule has 0 fully saturated rings. The Kier molecular flexibility index (Phi) is 11.8. The number of amides is 3. The van der Waals surface area contributed by atoms with Gasteiger partial charge in [-0.15, -0.1) is 0 Å². The summed E-state index contributed by atoms with van der Waals surface area (Å²) in [5.74, 6) is -3.44. The lowest BCUT2D eigenvalue weighted by Gasteiger charge is -2.25. The number of aromatic hydroxyl groups is 1. The molecule has 12 heteroatoms. The first-order chi connectivity index (χ1) is 15.6. The fourth-order valence-corrected chi connectivity index (χ4v) is 3.01. The Morgan fingerprint density at radius 1 is 0.939 bits per heavy atom. The summed E-state index contributed by atoms with van der Waals surface area (Å²) in [6, 6.07) is 2.26. The first-order valence-electron chi connectivity index (χ1n) is 10.6. The van der Waals surface area contributed by atoms with Crippen molar-refractivity contribution in [1.29, 1.82) is 0 Å². The number of hydrogen-bond acceptors (Lipinski definition) is 8. The lowest BCUT2D eigenvalue weighted by Crippen LogP contribution is -2.58. The maximum atomic E-state index is 13.0. The number of rotatable bonds is 14. The molecule has 0 radical (unpaired) electrons. The second-order valence-electron chi connectivity index (χ2n) is 7.61. The normalized spacial score (nSPS) is 14.4. The van der Waals surface area contributed by atoms with E-state index in [-0.39, 0.29) is 25.1 Å². The number of phenolic OH excluding ortho intramolecular Hbond substituents is 1. The third-order valence-corrected chi connectivity index (χ3v) is 4.84. The van der Waals surface area contributed by atoms with E-state index >= 15 is 0 Å². The monoisotopic (exact) mass is 467 g/mol. The highest BCUT2D eigenvalue weighted by atomic mass is 16.4. The highest BCUT2D eigenvalue weighted by Gasteiger charge is 2.31. The first kappa shape index (κ1) is 27.8. The van der Waals surface area contributed by atoms with E-state index in [1.807, 2.05) is 0 Å². The average molecular weight is 468 g/mol. The number of hydrogen-bond donors (Lipinski definition) is 8. The predicted octanol–water partition coefficient (Wildman–Crippen LogP) is -2.06. The molecule has 0 heterocycles. The van der Waals surface area contributed by atoms with Crippen LogP contribution in [0.4, 0.5) is 0 Å². The molecule has 4 unspecified atom stereocenters. The Bertz CT molecular complexity index is 801. The van der Waals surface area contributed by atoms with Gasteiger partial charge in [0, 0.05) is 6.42 Å². The molecule has 10 N–H and O–H groups in total. The molecule has 0 bridgehead atoms. The fraction of sp³-hybridized carbons (Fsp3) is 0.524. The van der Waals surface area contributed by atoms with Crippen LogP contribution in [0.15, 0.2) is 24.3 Å². The van der Waals surface area contributed by atoms with Gasteiger partial charge in [0.2, 0.25) is 17.7 Å². The van der Waals surface area contributed by atoms with Gasteiger partial charge in [0.25, 0.3) is 0 Å². The van der Waals surface area contributed by atoms with Gasteiger partial charge in [0.05, 0.1) is 12.6 Å². The maximum absolute atomic E-state index is 13.0. The molecule has 4 atom stereocenters. The summed E-state index contributed by atoms with van der Waals surface area (Å²) in [5.41, 5.74) is 11.5. The quantitative estimate of drug-likeness (QED) is 0.141. The Balaban J connectivity index is 3.03. The molecule has 0 spiro atoms. The van der Waals surface area contributed by atoms with E-state index in [0.717, 1.165) is 0 Å². The number of carbonyl (C=O) groups is 4. The van der Waals surface area contributed by atoms with E-state index in [0.29, 0.717) is 24.9 Å². The van der Waals surface area contributed by atoms with Crippen molar-refractivity contribution in [1.82, 2.24) is 16.0 Å². The second-order valence-corrected chi connectivity index (χ2v) is 7.61. The zero-order valence-corrected chi connectivity index (χ0v) is 18.5. The van der Waals surface area contributed by atoms with Crippen LogP contribution in [-0.2, 0) is 25.6 Å². The molecular formula is C21H33N5O7. The van der Waals surface area contributed by atoms with Crippen LogP contribution in [0.2, 0.25) is 0 Å². The average Bonchev–Trinajstić information content (AvgIpc) is 2.76. The number of carboxylic acid groups (broad SMARTS) is 1. The minimum atomic E-state index is -1.56. The van der Waals surface area contributed by atoms with Crippen molar-refractivity contribution >= 4 is 23.7 Å². The van der Waals surface area contributed by atoms with Crippen molar-refractivity contribution in [2.45, 2.75) is 56.8 Å². The molecular weight excluding hydrogens is 434 g/mol.